The van der Waals surface area contributed by atoms with Crippen LogP contribution in [0.2, 0.25) is 0 Å². The van der Waals surface area contributed by atoms with Crippen molar-refractivity contribution in [2.75, 3.05) is 6.61 Å². The first-order valence-electron chi connectivity index (χ1n) is 2.26. The Hall–Kier alpha value is 0.574. The minimum Gasteiger partial charge on any atom is -0.468 e. The zero-order valence-electron chi connectivity index (χ0n) is 5.02. The quantitative estimate of drug-likeness (QED) is 0.474. The third-order valence-corrected chi connectivity index (χ3v) is 0.509. The number of rotatable bonds is 2. The molecule has 0 aliphatic heterocycles. The van der Waals surface area contributed by atoms with Gasteiger partial charge >= 0.3 is 0 Å². The molecule has 0 rings (SSSR count). The Balaban J connectivity index is 0. The van der Waals surface area contributed by atoms with Gasteiger partial charge in [-0.1, -0.05) is 6.42 Å². The molecule has 0 bridgehead atoms. The molecule has 0 aliphatic rings. The first-order valence-corrected chi connectivity index (χ1v) is 2.26. The number of carbonyl (C=O) groups excluding carboxylic acids is 1. The third-order valence-electron chi connectivity index (χ3n) is 0.509. The van der Waals surface area contributed by atoms with Crippen molar-refractivity contribution in [3.05, 3.63) is 6.92 Å². The first kappa shape index (κ1) is 11.4. The summed E-state index contributed by atoms with van der Waals surface area (Å²) >= 11 is 0. The molecule has 1 radical (unpaired) electrons. The molecule has 0 fully saturated rings. The van der Waals surface area contributed by atoms with Crippen molar-refractivity contribution < 1.29 is 42.2 Å². The van der Waals surface area contributed by atoms with Crippen molar-refractivity contribution >= 4 is 5.97 Å². The predicted octanol–water partition coefficient (Wildman–Crippen LogP) is 0.771. The summed E-state index contributed by atoms with van der Waals surface area (Å²) < 4.78 is 4.49. The van der Waals surface area contributed by atoms with Gasteiger partial charge in [-0.15, -0.1) is 0 Å². The number of hydrogen-bond acceptors (Lipinski definition) is 2. The van der Waals surface area contributed by atoms with Crippen molar-refractivity contribution in [2.24, 2.45) is 0 Å². The van der Waals surface area contributed by atoms with Gasteiger partial charge in [0.25, 0.3) is 5.97 Å². The Morgan fingerprint density at radius 1 is 1.75 bits per heavy atom. The average molecular weight is 190 g/mol. The van der Waals surface area contributed by atoms with Crippen molar-refractivity contribution in [3.8, 4) is 0 Å². The van der Waals surface area contributed by atoms with Crippen molar-refractivity contribution in [2.45, 2.75) is 13.3 Å². The molecule has 0 saturated carbocycles. The van der Waals surface area contributed by atoms with Crippen LogP contribution in [0.3, 0.4) is 0 Å². The zero-order chi connectivity index (χ0) is 5.70. The van der Waals surface area contributed by atoms with Gasteiger partial charge in [-0.2, -0.15) is 0 Å². The molecule has 0 aromatic rings. The summed E-state index contributed by atoms with van der Waals surface area (Å²) in [6.45, 7) is 5.55. The zero-order valence-corrected chi connectivity index (χ0v) is 7.85. The van der Waals surface area contributed by atoms with Gasteiger partial charge in [0.15, 0.2) is 0 Å². The van der Waals surface area contributed by atoms with Gasteiger partial charge in [-0.3, -0.25) is 4.79 Å². The fourth-order valence-corrected chi connectivity index (χ4v) is 0.233. The molecular weight excluding hydrogens is 181 g/mol. The molecule has 0 spiro atoms. The minimum atomic E-state index is -0.234. The van der Waals surface area contributed by atoms with Crippen LogP contribution in [0.1, 0.15) is 13.3 Å². The largest absolute Gasteiger partial charge is 0.468 e. The maximum absolute atomic E-state index is 10.1. The second kappa shape index (κ2) is 7.57. The van der Waals surface area contributed by atoms with E-state index in [-0.39, 0.29) is 45.1 Å². The van der Waals surface area contributed by atoms with Gasteiger partial charge in [0.1, 0.15) is 0 Å². The fraction of sp³-hybridized carbons (Fsp3) is 0.600. The Morgan fingerprint density at radius 3 is 2.38 bits per heavy atom. The normalized spacial score (nSPS) is 7.25. The topological polar surface area (TPSA) is 26.3 Å². The van der Waals surface area contributed by atoms with E-state index < -0.39 is 0 Å². The van der Waals surface area contributed by atoms with Crippen LogP contribution in [0, 0.1) is 6.92 Å². The molecule has 0 aromatic carbocycles. The van der Waals surface area contributed by atoms with Crippen LogP contribution in [-0.4, -0.2) is 12.6 Å². The molecule has 0 saturated heterocycles. The number of carbonyl (C=O) groups is 1. The van der Waals surface area contributed by atoms with Crippen LogP contribution in [0.25, 0.3) is 0 Å². The van der Waals surface area contributed by atoms with E-state index in [0.717, 1.165) is 0 Å². The van der Waals surface area contributed by atoms with Crippen LogP contribution in [0.15, 0.2) is 0 Å². The van der Waals surface area contributed by atoms with E-state index in [0.29, 0.717) is 6.61 Å². The second-order valence-electron chi connectivity index (χ2n) is 1.06. The molecule has 45 valence electrons. The van der Waals surface area contributed by atoms with E-state index in [1.807, 2.05) is 0 Å². The molecule has 8 heavy (non-hydrogen) atoms. The van der Waals surface area contributed by atoms with E-state index in [2.05, 4.69) is 11.7 Å². The molecular formula is C5H9O2Y-. The van der Waals surface area contributed by atoms with E-state index in [1.165, 1.54) is 0 Å². The predicted molar refractivity (Wildman–Crippen MR) is 26.6 cm³/mol. The maximum atomic E-state index is 10.1. The Bertz CT molecular complexity index is 63.4. The Morgan fingerprint density at radius 2 is 2.25 bits per heavy atom. The molecule has 3 heteroatoms. The summed E-state index contributed by atoms with van der Waals surface area (Å²) in [6, 6.07) is 0. The summed E-state index contributed by atoms with van der Waals surface area (Å²) in [7, 11) is 0. The minimum absolute atomic E-state index is 0. The molecule has 0 unspecified atom stereocenters. The van der Waals surface area contributed by atoms with Gasteiger partial charge in [0, 0.05) is 32.7 Å². The van der Waals surface area contributed by atoms with E-state index in [9.17, 15) is 4.79 Å². The van der Waals surface area contributed by atoms with Gasteiger partial charge in [-0.05, 0) is 6.92 Å². The van der Waals surface area contributed by atoms with Gasteiger partial charge < -0.3 is 11.7 Å². The van der Waals surface area contributed by atoms with Gasteiger partial charge in [0.2, 0.25) is 0 Å². The molecule has 0 heterocycles. The maximum Gasteiger partial charge on any atom is 0.275 e. The summed E-state index contributed by atoms with van der Waals surface area (Å²) in [4.78, 5) is 10.1. The van der Waals surface area contributed by atoms with Crippen LogP contribution >= 0.6 is 0 Å². The molecule has 0 aliphatic carbocycles. The second-order valence-corrected chi connectivity index (χ2v) is 1.06. The molecule has 0 N–H and O–H groups in total. The monoisotopic (exact) mass is 190 g/mol. The van der Waals surface area contributed by atoms with Gasteiger partial charge in [-0.25, -0.2) is 0 Å². The Labute approximate surface area is 74.9 Å². The number of ether oxygens (including phenoxy) is 1. The van der Waals surface area contributed by atoms with E-state index >= 15 is 0 Å². The summed E-state index contributed by atoms with van der Waals surface area (Å²) in [5.41, 5.74) is 0. The molecule has 0 amide bonds. The first-order chi connectivity index (χ1) is 3.31. The number of esters is 1. The molecule has 0 atom stereocenters. The summed E-state index contributed by atoms with van der Waals surface area (Å²) in [5.74, 6) is -0.234. The SMILES string of the molecule is [CH2-]CC(=O)OCC.[Y]. The van der Waals surface area contributed by atoms with Crippen LogP contribution in [0.5, 0.6) is 0 Å². The van der Waals surface area contributed by atoms with Crippen LogP contribution < -0.4 is 0 Å². The fourth-order valence-electron chi connectivity index (χ4n) is 0.233. The van der Waals surface area contributed by atoms with E-state index in [1.54, 1.807) is 6.92 Å². The molecule has 0 aromatic heterocycles. The van der Waals surface area contributed by atoms with Crippen molar-refractivity contribution in [3.63, 3.8) is 0 Å². The average Bonchev–Trinajstić information content (AvgIpc) is 1.68. The third kappa shape index (κ3) is 6.57. The van der Waals surface area contributed by atoms with Crippen LogP contribution in [0.4, 0.5) is 0 Å². The summed E-state index contributed by atoms with van der Waals surface area (Å²) in [6.07, 6.45) is 0.230. The molecule has 2 nitrogen and oxygen atoms in total. The Kier molecular flexibility index (Phi) is 10.8. The standard InChI is InChI=1S/C5H9O2.Y/c1-3-5(6)7-4-2;/h1,3-4H2,2H3;/q-1;. The van der Waals surface area contributed by atoms with Crippen molar-refractivity contribution in [1.29, 1.82) is 0 Å². The van der Waals surface area contributed by atoms with Gasteiger partial charge in [0.05, 0.1) is 6.61 Å². The van der Waals surface area contributed by atoms with Crippen LogP contribution in [-0.2, 0) is 42.2 Å². The number of hydrogen-bond donors (Lipinski definition) is 0. The smallest absolute Gasteiger partial charge is 0.275 e. The van der Waals surface area contributed by atoms with Crippen molar-refractivity contribution in [1.82, 2.24) is 0 Å². The van der Waals surface area contributed by atoms with E-state index in [4.69, 9.17) is 0 Å². The summed E-state index contributed by atoms with van der Waals surface area (Å²) in [5, 5.41) is 0.